The van der Waals surface area contributed by atoms with Crippen LogP contribution in [0.5, 0.6) is 0 Å². The maximum Gasteiger partial charge on any atom is 0.0284 e. The van der Waals surface area contributed by atoms with Gasteiger partial charge in [0.05, 0.1) is 0 Å². The normalized spacial score (nSPS) is 9.56. The van der Waals surface area contributed by atoms with Gasteiger partial charge in [0.25, 0.3) is 0 Å². The quantitative estimate of drug-likeness (QED) is 0.166. The second kappa shape index (κ2) is 14.5. The van der Waals surface area contributed by atoms with E-state index in [1.165, 1.54) is 0 Å². The Labute approximate surface area is 237 Å². The summed E-state index contributed by atoms with van der Waals surface area (Å²) in [5.41, 5.74) is 36.1. The van der Waals surface area contributed by atoms with Gasteiger partial charge in [-0.1, -0.05) is 34.5 Å². The molecule has 0 fully saturated rings. The van der Waals surface area contributed by atoms with E-state index in [1.54, 1.807) is 0 Å². The van der Waals surface area contributed by atoms with Gasteiger partial charge in [0, 0.05) is 88.3 Å². The van der Waals surface area contributed by atoms with E-state index >= 15 is 0 Å². The van der Waals surface area contributed by atoms with Gasteiger partial charge in [0.1, 0.15) is 0 Å². The summed E-state index contributed by atoms with van der Waals surface area (Å²) in [6.07, 6.45) is 0. The molecule has 0 spiro atoms. The molecule has 3 rings (SSSR count). The predicted octanol–water partition coefficient (Wildman–Crippen LogP) is 5.15. The van der Waals surface area contributed by atoms with Gasteiger partial charge in [0.15, 0.2) is 0 Å². The molecule has 156 valence electrons. The maximum absolute atomic E-state index is 8.60. The Bertz CT molecular complexity index is 1070. The molecule has 0 aliphatic rings. The molecule has 0 atom stereocenters. The number of benzene rings is 3. The van der Waals surface area contributed by atoms with Crippen molar-refractivity contribution in [1.29, 1.82) is 0 Å². The molecule has 3 aromatic rings. The van der Waals surface area contributed by atoms with E-state index in [9.17, 15) is 0 Å². The molecule has 4 N–H and O–H groups in total. The molecule has 0 saturated heterocycles. The summed E-state index contributed by atoms with van der Waals surface area (Å²) in [7, 11) is 0. The van der Waals surface area contributed by atoms with Crippen LogP contribution in [0.15, 0.2) is 58.8 Å². The summed E-state index contributed by atoms with van der Waals surface area (Å²) in [6, 6.07) is 22.3. The summed E-state index contributed by atoms with van der Waals surface area (Å²) < 4.78 is 0. The van der Waals surface area contributed by atoms with Crippen molar-refractivity contribution in [3.8, 4) is 22.3 Å². The van der Waals surface area contributed by atoms with Crippen LogP contribution in [0.25, 0.3) is 43.1 Å². The molecule has 0 aliphatic carbocycles. The van der Waals surface area contributed by atoms with Crippen LogP contribution in [0.1, 0.15) is 22.3 Å². The van der Waals surface area contributed by atoms with Crippen LogP contribution in [0, 0.1) is 12.1 Å². The summed E-state index contributed by atoms with van der Waals surface area (Å²) in [4.78, 5) is 5.60. The third-order valence-corrected chi connectivity index (χ3v) is 4.56. The minimum atomic E-state index is 0. The average molecular weight is 574 g/mol. The Morgan fingerprint density at radius 3 is 1.31 bits per heavy atom. The summed E-state index contributed by atoms with van der Waals surface area (Å²) in [5.74, 6) is 0. The number of rotatable bonds is 8. The molecule has 8 nitrogen and oxygen atoms in total. The molecule has 10 heteroatoms. The van der Waals surface area contributed by atoms with Gasteiger partial charge in [-0.2, -0.15) is 47.5 Å². The van der Waals surface area contributed by atoms with E-state index in [0.717, 1.165) is 44.5 Å². The van der Waals surface area contributed by atoms with E-state index in [4.69, 9.17) is 22.5 Å². The zero-order valence-electron chi connectivity index (χ0n) is 17.4. The summed E-state index contributed by atoms with van der Waals surface area (Å²) in [6.45, 7) is 1.16. The van der Waals surface area contributed by atoms with Crippen LogP contribution in [0.3, 0.4) is 0 Å². The van der Waals surface area contributed by atoms with Crippen molar-refractivity contribution in [3.05, 3.63) is 104 Å². The van der Waals surface area contributed by atoms with Gasteiger partial charge in [0.2, 0.25) is 0 Å². The van der Waals surface area contributed by atoms with Crippen LogP contribution >= 0.6 is 0 Å². The maximum atomic E-state index is 8.60. The summed E-state index contributed by atoms with van der Waals surface area (Å²) >= 11 is 0. The van der Waals surface area contributed by atoms with Gasteiger partial charge >= 0.3 is 0 Å². The SMILES string of the molecule is [N-]=[N+]=NCc1[c-]c(CN=[N+]=[N-])cc(-c2ccc(-c3cc(CN)[c-]c(CN)c3)cc2)c1.[Y].[Y]. The van der Waals surface area contributed by atoms with Crippen molar-refractivity contribution < 1.29 is 65.4 Å². The molecular formula is C22H20N8Y2-2. The molecule has 0 saturated carbocycles. The van der Waals surface area contributed by atoms with Gasteiger partial charge in [-0.15, -0.1) is 22.3 Å². The first-order valence-electron chi connectivity index (χ1n) is 9.29. The Hall–Kier alpha value is -1.59. The standard InChI is InChI=1S/C22H20N8.2Y/c23-11-15-5-16(12-24)8-21(7-15)19-1-3-20(4-2-19)22-9-17(13-27-29-25)6-18(10-22)14-28-30-26;;/h1-4,7-10H,11-14,23-24H2;;/q-2;;. The second-order valence-electron chi connectivity index (χ2n) is 6.60. The Morgan fingerprint density at radius 1 is 0.625 bits per heavy atom. The largest absolute Gasteiger partial charge is 0.328 e. The number of nitrogens with two attached hydrogens (primary N) is 2. The predicted molar refractivity (Wildman–Crippen MR) is 116 cm³/mol. The molecular weight excluding hydrogens is 554 g/mol. The van der Waals surface area contributed by atoms with Crippen LogP contribution in [0.4, 0.5) is 0 Å². The summed E-state index contributed by atoms with van der Waals surface area (Å²) in [5, 5.41) is 7.21. The van der Waals surface area contributed by atoms with E-state index in [-0.39, 0.29) is 78.5 Å². The fraction of sp³-hybridized carbons (Fsp3) is 0.182. The fourth-order valence-corrected chi connectivity index (χ4v) is 3.19. The third kappa shape index (κ3) is 7.77. The Kier molecular flexibility index (Phi) is 12.9. The van der Waals surface area contributed by atoms with E-state index < -0.39 is 0 Å². The van der Waals surface area contributed by atoms with Crippen LogP contribution in [-0.2, 0) is 91.6 Å². The average Bonchev–Trinajstić information content (AvgIpc) is 2.81. The minimum absolute atomic E-state index is 0. The molecule has 32 heavy (non-hydrogen) atoms. The van der Waals surface area contributed by atoms with Gasteiger partial charge in [-0.3, -0.25) is 0 Å². The van der Waals surface area contributed by atoms with Crippen molar-refractivity contribution in [2.45, 2.75) is 26.2 Å². The molecule has 0 aliphatic heterocycles. The third-order valence-electron chi connectivity index (χ3n) is 4.56. The molecule has 0 bridgehead atoms. The molecule has 0 unspecified atom stereocenters. The zero-order chi connectivity index (χ0) is 21.3. The molecule has 2 radical (unpaired) electrons. The first kappa shape index (κ1) is 28.4. The Balaban J connectivity index is 0.00000256. The van der Waals surface area contributed by atoms with E-state index in [0.29, 0.717) is 13.1 Å². The molecule has 0 heterocycles. The van der Waals surface area contributed by atoms with Gasteiger partial charge in [-0.25, -0.2) is 0 Å². The zero-order valence-corrected chi connectivity index (χ0v) is 23.1. The van der Waals surface area contributed by atoms with Crippen molar-refractivity contribution in [1.82, 2.24) is 0 Å². The second-order valence-corrected chi connectivity index (χ2v) is 6.60. The van der Waals surface area contributed by atoms with Gasteiger partial charge in [-0.05, 0) is 35.3 Å². The topological polar surface area (TPSA) is 150 Å². The van der Waals surface area contributed by atoms with Crippen molar-refractivity contribution >= 4 is 0 Å². The van der Waals surface area contributed by atoms with Crippen LogP contribution in [-0.4, -0.2) is 0 Å². The van der Waals surface area contributed by atoms with Crippen molar-refractivity contribution in [2.75, 3.05) is 0 Å². The number of nitrogens with zero attached hydrogens (tertiary/aromatic N) is 6. The van der Waals surface area contributed by atoms with Crippen molar-refractivity contribution in [3.63, 3.8) is 0 Å². The minimum Gasteiger partial charge on any atom is -0.328 e. The number of azide groups is 2. The molecule has 0 aromatic heterocycles. The number of hydrogen-bond donors (Lipinski definition) is 2. The van der Waals surface area contributed by atoms with Crippen molar-refractivity contribution in [2.24, 2.45) is 21.7 Å². The molecule has 0 amide bonds. The fourth-order valence-electron chi connectivity index (χ4n) is 3.19. The van der Waals surface area contributed by atoms with Crippen LogP contribution < -0.4 is 11.5 Å². The van der Waals surface area contributed by atoms with E-state index in [1.807, 2.05) is 48.5 Å². The first-order chi connectivity index (χ1) is 14.7. The van der Waals surface area contributed by atoms with E-state index in [2.05, 4.69) is 32.2 Å². The van der Waals surface area contributed by atoms with Gasteiger partial charge < -0.3 is 11.5 Å². The first-order valence-corrected chi connectivity index (χ1v) is 9.29. The number of hydrogen-bond acceptors (Lipinski definition) is 4. The smallest absolute Gasteiger partial charge is 0.0284 e. The molecule has 3 aromatic carbocycles. The monoisotopic (exact) mass is 574 g/mol. The van der Waals surface area contributed by atoms with Crippen LogP contribution in [0.2, 0.25) is 0 Å². The Morgan fingerprint density at radius 2 is 0.969 bits per heavy atom.